The Balaban J connectivity index is 2.29. The van der Waals surface area contributed by atoms with Crippen molar-refractivity contribution >= 4 is 23.8 Å². The third kappa shape index (κ3) is 7.33. The van der Waals surface area contributed by atoms with Crippen molar-refractivity contribution in [3.63, 3.8) is 0 Å². The first-order valence-corrected chi connectivity index (χ1v) is 10.9. The van der Waals surface area contributed by atoms with Gasteiger partial charge in [0.1, 0.15) is 5.60 Å². The first-order chi connectivity index (χ1) is 15.5. The van der Waals surface area contributed by atoms with Crippen LogP contribution in [0, 0.1) is 0 Å². The van der Waals surface area contributed by atoms with Gasteiger partial charge in [0.05, 0.1) is 18.9 Å². The van der Waals surface area contributed by atoms with Crippen LogP contribution in [0.4, 0.5) is 15.3 Å². The molecule has 1 aromatic carbocycles. The monoisotopic (exact) mass is 465 g/mol. The van der Waals surface area contributed by atoms with Crippen molar-refractivity contribution in [2.24, 2.45) is 0 Å². The predicted molar refractivity (Wildman–Crippen MR) is 122 cm³/mol. The number of methoxy groups -OCH3 is 1. The molecule has 10 heteroatoms. The fraction of sp³-hybridized carbons (Fsp3) is 0.609. The molecule has 1 saturated heterocycles. The van der Waals surface area contributed by atoms with Crippen LogP contribution < -0.4 is 5.06 Å². The Kier molecular flexibility index (Phi) is 9.07. The van der Waals surface area contributed by atoms with Crippen molar-refractivity contribution < 1.29 is 33.4 Å². The molecule has 1 fully saturated rings. The fourth-order valence-electron chi connectivity index (χ4n) is 3.24. The van der Waals surface area contributed by atoms with Crippen LogP contribution in [0.5, 0.6) is 0 Å². The average Bonchev–Trinajstić information content (AvgIpc) is 2.76. The second-order valence-corrected chi connectivity index (χ2v) is 8.99. The molecule has 0 radical (unpaired) electrons. The van der Waals surface area contributed by atoms with Gasteiger partial charge >= 0.3 is 12.2 Å². The predicted octanol–water partition coefficient (Wildman–Crippen LogP) is 3.07. The number of para-hydroxylation sites is 1. The number of hydrogen-bond donors (Lipinski definition) is 0. The van der Waals surface area contributed by atoms with E-state index in [0.29, 0.717) is 5.69 Å². The van der Waals surface area contributed by atoms with Crippen molar-refractivity contribution in [2.75, 3.05) is 52.6 Å². The Labute approximate surface area is 195 Å². The normalized spacial score (nSPS) is 15.5. The quantitative estimate of drug-likeness (QED) is 0.470. The molecule has 1 aromatic rings. The number of ether oxygens (including phenoxy) is 3. The van der Waals surface area contributed by atoms with Gasteiger partial charge in [0.25, 0.3) is 5.91 Å². The minimum Gasteiger partial charge on any atom is -0.444 e. The van der Waals surface area contributed by atoms with Gasteiger partial charge in [-0.15, -0.1) is 5.06 Å². The second kappa shape index (κ2) is 11.3. The van der Waals surface area contributed by atoms with E-state index in [1.165, 1.54) is 26.1 Å². The van der Waals surface area contributed by atoms with Gasteiger partial charge in [-0.25, -0.2) is 9.59 Å². The van der Waals surface area contributed by atoms with E-state index in [-0.39, 0.29) is 39.1 Å². The third-order valence-electron chi connectivity index (χ3n) is 4.99. The van der Waals surface area contributed by atoms with Crippen LogP contribution in [0.25, 0.3) is 0 Å². The lowest BCUT2D eigenvalue weighted by Gasteiger charge is -2.42. The summed E-state index contributed by atoms with van der Waals surface area (Å²) >= 11 is 0. The maximum absolute atomic E-state index is 13.8. The molecule has 0 unspecified atom stereocenters. The van der Waals surface area contributed by atoms with Gasteiger partial charge in [-0.3, -0.25) is 4.79 Å². The third-order valence-corrected chi connectivity index (χ3v) is 4.99. The molecule has 0 atom stereocenters. The molecule has 2 rings (SSSR count). The second-order valence-electron chi connectivity index (χ2n) is 8.99. The largest absolute Gasteiger partial charge is 0.444 e. The van der Waals surface area contributed by atoms with Crippen molar-refractivity contribution in [1.29, 1.82) is 0 Å². The molecule has 0 N–H and O–H groups in total. The molecule has 10 nitrogen and oxygen atoms in total. The van der Waals surface area contributed by atoms with E-state index in [2.05, 4.69) is 0 Å². The first-order valence-electron chi connectivity index (χ1n) is 10.9. The smallest absolute Gasteiger partial charge is 0.434 e. The first kappa shape index (κ1) is 26.4. The highest BCUT2D eigenvalue weighted by molar-refractivity contribution is 5.99. The average molecular weight is 466 g/mol. The zero-order chi connectivity index (χ0) is 24.6. The molecule has 0 aliphatic carbocycles. The van der Waals surface area contributed by atoms with E-state index in [0.717, 1.165) is 5.06 Å². The van der Waals surface area contributed by atoms with Crippen molar-refractivity contribution in [3.8, 4) is 0 Å². The number of hydrogen-bond acceptors (Lipinski definition) is 7. The number of nitrogens with zero attached hydrogens (tertiary/aromatic N) is 3. The van der Waals surface area contributed by atoms with Gasteiger partial charge in [0, 0.05) is 47.1 Å². The van der Waals surface area contributed by atoms with Crippen molar-refractivity contribution in [2.45, 2.75) is 44.8 Å². The number of carbonyl (C=O) groups is 3. The Hall–Kier alpha value is -2.85. The summed E-state index contributed by atoms with van der Waals surface area (Å²) < 4.78 is 16.6. The van der Waals surface area contributed by atoms with Gasteiger partial charge in [0.15, 0.2) is 5.60 Å². The van der Waals surface area contributed by atoms with E-state index in [1.54, 1.807) is 56.0 Å². The highest BCUT2D eigenvalue weighted by Gasteiger charge is 2.48. The maximum atomic E-state index is 13.8. The Morgan fingerprint density at radius 1 is 1.03 bits per heavy atom. The number of anilines is 1. The topological polar surface area (TPSA) is 97.8 Å². The molecule has 0 bridgehead atoms. The molecule has 1 aliphatic heterocycles. The lowest BCUT2D eigenvalue weighted by Crippen LogP contribution is -2.58. The van der Waals surface area contributed by atoms with E-state index >= 15 is 0 Å². The van der Waals surface area contributed by atoms with Crippen LogP contribution >= 0.6 is 0 Å². The van der Waals surface area contributed by atoms with Gasteiger partial charge in [0.2, 0.25) is 0 Å². The van der Waals surface area contributed by atoms with Crippen LogP contribution in [0.3, 0.4) is 0 Å². The molecule has 0 aromatic heterocycles. The fourth-order valence-corrected chi connectivity index (χ4v) is 3.24. The maximum Gasteiger partial charge on any atom is 0.434 e. The van der Waals surface area contributed by atoms with Crippen LogP contribution in [0.1, 0.15) is 33.6 Å². The highest BCUT2D eigenvalue weighted by atomic mass is 16.7. The zero-order valence-corrected chi connectivity index (χ0v) is 20.3. The molecule has 3 amide bonds. The molecule has 1 heterocycles. The summed E-state index contributed by atoms with van der Waals surface area (Å²) in [5.74, 6) is -0.524. The van der Waals surface area contributed by atoms with Crippen LogP contribution in [0.2, 0.25) is 0 Å². The number of benzene rings is 1. The zero-order valence-electron chi connectivity index (χ0n) is 20.3. The van der Waals surface area contributed by atoms with Crippen molar-refractivity contribution in [3.05, 3.63) is 30.3 Å². The Bertz CT molecular complexity index is 800. The summed E-state index contributed by atoms with van der Waals surface area (Å²) in [4.78, 5) is 46.9. The summed E-state index contributed by atoms with van der Waals surface area (Å²) in [7, 11) is 4.60. The van der Waals surface area contributed by atoms with Crippen LogP contribution in [-0.4, -0.2) is 86.6 Å². The molecule has 0 spiro atoms. The van der Waals surface area contributed by atoms with Gasteiger partial charge in [-0.1, -0.05) is 18.2 Å². The number of piperidine rings is 1. The summed E-state index contributed by atoms with van der Waals surface area (Å²) in [5, 5.41) is 0.971. The molecular formula is C23H35N3O7. The minimum absolute atomic E-state index is 0.166. The van der Waals surface area contributed by atoms with Gasteiger partial charge < -0.3 is 28.8 Å². The molecular weight excluding hydrogens is 430 g/mol. The highest BCUT2D eigenvalue weighted by Crippen LogP contribution is 2.32. The summed E-state index contributed by atoms with van der Waals surface area (Å²) in [6, 6.07) is 8.61. The molecule has 184 valence electrons. The number of hydroxylamine groups is 1. The van der Waals surface area contributed by atoms with Gasteiger partial charge in [-0.05, 0) is 32.9 Å². The minimum atomic E-state index is -1.31. The Morgan fingerprint density at radius 2 is 1.64 bits per heavy atom. The lowest BCUT2D eigenvalue weighted by atomic mass is 9.89. The summed E-state index contributed by atoms with van der Waals surface area (Å²) in [5.41, 5.74) is -1.54. The SMILES string of the molecule is COCCOC1(C(=O)N(OC(=O)N(C)C)c2ccccc2)CCN(C(=O)OC(C)(C)C)CC1. The summed E-state index contributed by atoms with van der Waals surface area (Å²) in [6.07, 6.45) is -0.736. The lowest BCUT2D eigenvalue weighted by molar-refractivity contribution is -0.159. The number of likely N-dealkylation sites (tertiary alicyclic amines) is 1. The van der Waals surface area contributed by atoms with E-state index in [4.69, 9.17) is 19.0 Å². The number of amides is 3. The van der Waals surface area contributed by atoms with E-state index in [1.807, 2.05) is 0 Å². The van der Waals surface area contributed by atoms with Crippen LogP contribution in [0.15, 0.2) is 30.3 Å². The molecule has 33 heavy (non-hydrogen) atoms. The number of rotatable bonds is 6. The van der Waals surface area contributed by atoms with Crippen LogP contribution in [-0.2, 0) is 23.8 Å². The van der Waals surface area contributed by atoms with Crippen molar-refractivity contribution in [1.82, 2.24) is 9.80 Å². The molecule has 0 saturated carbocycles. The summed E-state index contributed by atoms with van der Waals surface area (Å²) in [6.45, 7) is 6.34. The van der Waals surface area contributed by atoms with E-state index < -0.39 is 29.3 Å². The van der Waals surface area contributed by atoms with E-state index in [9.17, 15) is 14.4 Å². The number of carbonyl (C=O) groups excluding carboxylic acids is 3. The van der Waals surface area contributed by atoms with Gasteiger partial charge in [-0.2, -0.15) is 0 Å². The molecule has 1 aliphatic rings. The standard InChI is InChI=1S/C23H35N3O7/c1-22(2,3)32-21(29)25-14-12-23(13-15-25,31-17-16-30-6)19(27)26(33-20(28)24(4)5)18-10-8-7-9-11-18/h7-11H,12-17H2,1-6H3. The Morgan fingerprint density at radius 3 is 2.15 bits per heavy atom.